The van der Waals surface area contributed by atoms with Crippen LogP contribution >= 0.6 is 35.2 Å². The van der Waals surface area contributed by atoms with Gasteiger partial charge in [-0.3, -0.25) is 9.69 Å². The zero-order valence-corrected chi connectivity index (χ0v) is 19.4. The van der Waals surface area contributed by atoms with Crippen LogP contribution in [0.15, 0.2) is 18.2 Å². The van der Waals surface area contributed by atoms with E-state index in [2.05, 4.69) is 15.3 Å². The maximum atomic E-state index is 12.9. The summed E-state index contributed by atoms with van der Waals surface area (Å²) >= 11 is 13.2. The molecule has 2 fully saturated rings. The van der Waals surface area contributed by atoms with Crippen molar-refractivity contribution in [3.63, 3.8) is 0 Å². The number of rotatable bonds is 5. The van der Waals surface area contributed by atoms with Crippen molar-refractivity contribution in [2.75, 3.05) is 44.7 Å². The first-order chi connectivity index (χ1) is 14.5. The summed E-state index contributed by atoms with van der Waals surface area (Å²) in [6, 6.07) is 5.83. The molecule has 0 radical (unpaired) electrons. The average Bonchev–Trinajstić information content (AvgIpc) is 3.09. The number of anilines is 2. The van der Waals surface area contributed by atoms with E-state index in [9.17, 15) is 4.79 Å². The van der Waals surface area contributed by atoms with Gasteiger partial charge < -0.3 is 15.0 Å². The van der Waals surface area contributed by atoms with E-state index in [1.54, 1.807) is 0 Å². The number of piperidine rings is 1. The minimum atomic E-state index is 0.0388. The topological polar surface area (TPSA) is 62.6 Å². The van der Waals surface area contributed by atoms with Crippen molar-refractivity contribution in [2.45, 2.75) is 26.4 Å². The molecule has 2 aliphatic heterocycles. The summed E-state index contributed by atoms with van der Waals surface area (Å²) in [6.07, 6.45) is 1.95. The molecule has 1 aromatic carbocycles. The molecule has 0 spiro atoms. The van der Waals surface area contributed by atoms with E-state index in [0.717, 1.165) is 42.3 Å². The molecule has 162 valence electrons. The lowest BCUT2D eigenvalue weighted by Crippen LogP contribution is -2.48. The van der Waals surface area contributed by atoms with Crippen LogP contribution in [-0.2, 0) is 16.2 Å². The molecule has 1 aromatic heterocycles. The summed E-state index contributed by atoms with van der Waals surface area (Å²) in [5.41, 5.74) is 1.92. The second kappa shape index (κ2) is 9.74. The number of hydrogen-bond donors (Lipinski definition) is 1. The molecule has 4 rings (SSSR count). The Balaban J connectivity index is 1.38. The number of aryl methyl sites for hydroxylation is 1. The van der Waals surface area contributed by atoms with Gasteiger partial charge >= 0.3 is 0 Å². The van der Waals surface area contributed by atoms with Crippen LogP contribution in [0.5, 0.6) is 0 Å². The van der Waals surface area contributed by atoms with Gasteiger partial charge in [-0.15, -0.1) is 5.10 Å². The number of aromatic nitrogens is 2. The third kappa shape index (κ3) is 5.20. The molecule has 0 bridgehead atoms. The normalized spacial score (nSPS) is 20.3. The van der Waals surface area contributed by atoms with Crippen molar-refractivity contribution in [2.24, 2.45) is 5.92 Å². The number of benzene rings is 1. The van der Waals surface area contributed by atoms with E-state index in [0.29, 0.717) is 41.9 Å². The first kappa shape index (κ1) is 21.7. The number of halogens is 1. The standard InChI is InChI=1S/C20H26ClN5O2S2/c1-14-4-5-16(11-17(14)21)22-19-23-26(20(29)30-19)13-24-6-2-3-15(12-24)18(27)25-7-9-28-10-8-25/h4-5,11,15H,2-3,6-10,12-13H2,1H3,(H,22,23). The quantitative estimate of drug-likeness (QED) is 0.673. The van der Waals surface area contributed by atoms with Crippen LogP contribution in [0.4, 0.5) is 10.8 Å². The average molecular weight is 468 g/mol. The van der Waals surface area contributed by atoms with E-state index in [-0.39, 0.29) is 11.8 Å². The first-order valence-electron chi connectivity index (χ1n) is 10.2. The zero-order chi connectivity index (χ0) is 21.1. The fourth-order valence-corrected chi connectivity index (χ4v) is 5.05. The zero-order valence-electron chi connectivity index (χ0n) is 17.0. The molecule has 0 saturated carbocycles. The fraction of sp³-hybridized carbons (Fsp3) is 0.550. The van der Waals surface area contributed by atoms with Crippen LogP contribution in [0.1, 0.15) is 18.4 Å². The van der Waals surface area contributed by atoms with Gasteiger partial charge in [0.25, 0.3) is 0 Å². The third-order valence-electron chi connectivity index (χ3n) is 5.54. The molecule has 7 nitrogen and oxygen atoms in total. The van der Waals surface area contributed by atoms with Crippen LogP contribution < -0.4 is 5.32 Å². The maximum Gasteiger partial charge on any atom is 0.227 e. The summed E-state index contributed by atoms with van der Waals surface area (Å²) in [5.74, 6) is 0.292. The lowest BCUT2D eigenvalue weighted by molar-refractivity contribution is -0.141. The van der Waals surface area contributed by atoms with Gasteiger partial charge in [0.05, 0.1) is 25.8 Å². The molecule has 2 aliphatic rings. The summed E-state index contributed by atoms with van der Waals surface area (Å²) < 4.78 is 7.91. The molecule has 3 heterocycles. The number of nitrogens with one attached hydrogen (secondary N) is 1. The number of ether oxygens (including phenoxy) is 1. The van der Waals surface area contributed by atoms with E-state index < -0.39 is 0 Å². The van der Waals surface area contributed by atoms with E-state index in [1.165, 1.54) is 11.3 Å². The number of amides is 1. The second-order valence-electron chi connectivity index (χ2n) is 7.76. The maximum absolute atomic E-state index is 12.9. The number of carbonyl (C=O) groups excluding carboxylic acids is 1. The van der Waals surface area contributed by atoms with Gasteiger partial charge in [0.1, 0.15) is 0 Å². The van der Waals surface area contributed by atoms with Crippen LogP contribution in [0.2, 0.25) is 5.02 Å². The highest BCUT2D eigenvalue weighted by atomic mass is 35.5. The number of carbonyl (C=O) groups is 1. The largest absolute Gasteiger partial charge is 0.378 e. The SMILES string of the molecule is Cc1ccc(Nc2nn(CN3CCCC(C(=O)N4CCOCC4)C3)c(=S)s2)cc1Cl. The Hall–Kier alpha value is -1.52. The van der Waals surface area contributed by atoms with Crippen LogP contribution in [0.3, 0.4) is 0 Å². The predicted molar refractivity (Wildman–Crippen MR) is 122 cm³/mol. The molecule has 2 aromatic rings. The molecule has 1 N–H and O–H groups in total. The Morgan fingerprint density at radius 1 is 1.37 bits per heavy atom. The minimum Gasteiger partial charge on any atom is -0.378 e. The highest BCUT2D eigenvalue weighted by molar-refractivity contribution is 7.73. The Morgan fingerprint density at radius 2 is 2.17 bits per heavy atom. The van der Waals surface area contributed by atoms with Gasteiger partial charge in [0.15, 0.2) is 3.95 Å². The number of likely N-dealkylation sites (tertiary alicyclic amines) is 1. The van der Waals surface area contributed by atoms with Crippen molar-refractivity contribution >= 4 is 51.9 Å². The molecule has 1 amide bonds. The van der Waals surface area contributed by atoms with E-state index in [4.69, 9.17) is 28.6 Å². The van der Waals surface area contributed by atoms with Gasteiger partial charge in [0.2, 0.25) is 11.0 Å². The van der Waals surface area contributed by atoms with Gasteiger partial charge in [-0.05, 0) is 56.2 Å². The first-order valence-corrected chi connectivity index (χ1v) is 11.8. The molecule has 1 unspecified atom stereocenters. The highest BCUT2D eigenvalue weighted by Gasteiger charge is 2.30. The van der Waals surface area contributed by atoms with Crippen LogP contribution in [0.25, 0.3) is 0 Å². The third-order valence-corrected chi connectivity index (χ3v) is 7.17. The van der Waals surface area contributed by atoms with E-state index >= 15 is 0 Å². The predicted octanol–water partition coefficient (Wildman–Crippen LogP) is 3.91. The Labute approximate surface area is 190 Å². The molecule has 1 atom stereocenters. The van der Waals surface area contributed by atoms with Crippen molar-refractivity contribution < 1.29 is 9.53 Å². The molecular formula is C20H26ClN5O2S2. The van der Waals surface area contributed by atoms with Crippen molar-refractivity contribution in [1.82, 2.24) is 19.6 Å². The molecule has 2 saturated heterocycles. The van der Waals surface area contributed by atoms with Crippen molar-refractivity contribution in [3.05, 3.63) is 32.7 Å². The fourth-order valence-electron chi connectivity index (χ4n) is 3.86. The van der Waals surface area contributed by atoms with Crippen molar-refractivity contribution in [1.29, 1.82) is 0 Å². The smallest absolute Gasteiger partial charge is 0.227 e. The van der Waals surface area contributed by atoms with Gasteiger partial charge in [-0.1, -0.05) is 29.0 Å². The van der Waals surface area contributed by atoms with Gasteiger partial charge in [-0.2, -0.15) is 0 Å². The van der Waals surface area contributed by atoms with E-state index in [1.807, 2.05) is 34.7 Å². The lowest BCUT2D eigenvalue weighted by Gasteiger charge is -2.36. The Bertz CT molecular complexity index is 957. The Kier molecular flexibility index (Phi) is 7.05. The summed E-state index contributed by atoms with van der Waals surface area (Å²) in [4.78, 5) is 17.1. The molecule has 30 heavy (non-hydrogen) atoms. The van der Waals surface area contributed by atoms with Crippen LogP contribution in [-0.4, -0.2) is 64.9 Å². The summed E-state index contributed by atoms with van der Waals surface area (Å²) in [5, 5.41) is 9.37. The molecule has 0 aliphatic carbocycles. The van der Waals surface area contributed by atoms with Crippen molar-refractivity contribution in [3.8, 4) is 0 Å². The minimum absolute atomic E-state index is 0.0388. The second-order valence-corrected chi connectivity index (χ2v) is 9.79. The summed E-state index contributed by atoms with van der Waals surface area (Å²) in [7, 11) is 0. The lowest BCUT2D eigenvalue weighted by atomic mass is 9.96. The molecule has 10 heteroatoms. The highest BCUT2D eigenvalue weighted by Crippen LogP contribution is 2.26. The monoisotopic (exact) mass is 467 g/mol. The number of nitrogens with zero attached hydrogens (tertiary/aromatic N) is 4. The Morgan fingerprint density at radius 3 is 2.93 bits per heavy atom. The summed E-state index contributed by atoms with van der Waals surface area (Å²) in [6.45, 7) is 6.93. The van der Waals surface area contributed by atoms with Gasteiger partial charge in [0, 0.05) is 30.3 Å². The molecular weight excluding hydrogens is 442 g/mol. The number of hydrogen-bond acceptors (Lipinski definition) is 7. The number of morpholine rings is 1. The van der Waals surface area contributed by atoms with Gasteiger partial charge in [-0.25, -0.2) is 4.68 Å². The van der Waals surface area contributed by atoms with Crippen LogP contribution in [0, 0.1) is 16.8 Å².